The van der Waals surface area contributed by atoms with Crippen LogP contribution in [-0.2, 0) is 0 Å². The summed E-state index contributed by atoms with van der Waals surface area (Å²) in [7, 11) is 0. The molecule has 4 heteroatoms. The highest BCUT2D eigenvalue weighted by Crippen LogP contribution is 2.27. The van der Waals surface area contributed by atoms with Crippen molar-refractivity contribution >= 4 is 5.71 Å². The molecule has 3 nitrogen and oxygen atoms in total. The van der Waals surface area contributed by atoms with E-state index in [9.17, 15) is 4.39 Å². The van der Waals surface area contributed by atoms with Crippen LogP contribution in [0.4, 0.5) is 4.39 Å². The van der Waals surface area contributed by atoms with E-state index in [1.54, 1.807) is 12.1 Å². The first-order valence-corrected chi connectivity index (χ1v) is 8.19. The molecular formula is C21H17FN2O. The molecule has 0 fully saturated rings. The van der Waals surface area contributed by atoms with Crippen LogP contribution in [0, 0.1) is 5.82 Å². The van der Waals surface area contributed by atoms with E-state index in [0.29, 0.717) is 11.5 Å². The Balaban J connectivity index is 1.52. The van der Waals surface area contributed by atoms with Gasteiger partial charge in [-0.3, -0.25) is 0 Å². The average Bonchev–Trinajstić information content (AvgIpc) is 3.15. The third-order valence-electron chi connectivity index (χ3n) is 4.23. The Morgan fingerprint density at radius 1 is 0.840 bits per heavy atom. The summed E-state index contributed by atoms with van der Waals surface area (Å²) in [6.07, 6.45) is 0. The third-order valence-corrected chi connectivity index (χ3v) is 4.23. The summed E-state index contributed by atoms with van der Waals surface area (Å²) in [5, 5.41) is 4.47. The second kappa shape index (κ2) is 6.77. The lowest BCUT2D eigenvalue weighted by atomic mass is 9.91. The highest BCUT2D eigenvalue weighted by molar-refractivity contribution is 6.06. The summed E-state index contributed by atoms with van der Waals surface area (Å²) < 4.78 is 18.7. The van der Waals surface area contributed by atoms with Gasteiger partial charge in [-0.2, -0.15) is 5.10 Å². The standard InChI is InChI=1S/C21H17FN2O/c22-17-8-12-19(13-9-17)25-18-10-6-16(7-11-18)21-20(14-23-24-21)15-4-2-1-3-5-15/h1-13,20,23H,14H2. The van der Waals surface area contributed by atoms with Gasteiger partial charge in [0.25, 0.3) is 0 Å². The summed E-state index contributed by atoms with van der Waals surface area (Å²) in [6.45, 7) is 0.799. The molecular weight excluding hydrogens is 315 g/mol. The second-order valence-electron chi connectivity index (χ2n) is 5.90. The van der Waals surface area contributed by atoms with Crippen molar-refractivity contribution < 1.29 is 9.13 Å². The Morgan fingerprint density at radius 2 is 1.48 bits per heavy atom. The summed E-state index contributed by atoms with van der Waals surface area (Å²) in [4.78, 5) is 0. The van der Waals surface area contributed by atoms with E-state index in [1.807, 2.05) is 42.5 Å². The van der Waals surface area contributed by atoms with Crippen molar-refractivity contribution in [3.8, 4) is 11.5 Å². The maximum Gasteiger partial charge on any atom is 0.127 e. The van der Waals surface area contributed by atoms with Gasteiger partial charge in [0.2, 0.25) is 0 Å². The minimum Gasteiger partial charge on any atom is -0.457 e. The van der Waals surface area contributed by atoms with Crippen molar-refractivity contribution in [3.63, 3.8) is 0 Å². The molecule has 1 aliphatic heterocycles. The predicted molar refractivity (Wildman–Crippen MR) is 96.6 cm³/mol. The molecule has 1 unspecified atom stereocenters. The maximum atomic E-state index is 13.0. The summed E-state index contributed by atoms with van der Waals surface area (Å²) in [5.74, 6) is 1.28. The van der Waals surface area contributed by atoms with Crippen LogP contribution < -0.4 is 10.2 Å². The van der Waals surface area contributed by atoms with E-state index in [-0.39, 0.29) is 11.7 Å². The van der Waals surface area contributed by atoms with Crippen LogP contribution in [-0.4, -0.2) is 12.3 Å². The predicted octanol–water partition coefficient (Wildman–Crippen LogP) is 4.71. The smallest absolute Gasteiger partial charge is 0.127 e. The first-order chi connectivity index (χ1) is 12.3. The van der Waals surface area contributed by atoms with E-state index in [2.05, 4.69) is 22.7 Å². The molecule has 25 heavy (non-hydrogen) atoms. The monoisotopic (exact) mass is 332 g/mol. The fourth-order valence-electron chi connectivity index (χ4n) is 2.96. The summed E-state index contributed by atoms with van der Waals surface area (Å²) in [6, 6.07) is 24.2. The molecule has 3 aromatic rings. The molecule has 3 aromatic carbocycles. The van der Waals surface area contributed by atoms with Crippen LogP contribution in [0.15, 0.2) is 84.0 Å². The van der Waals surface area contributed by atoms with Gasteiger partial charge in [0.15, 0.2) is 0 Å². The molecule has 1 N–H and O–H groups in total. The lowest BCUT2D eigenvalue weighted by Gasteiger charge is -2.13. The van der Waals surface area contributed by atoms with Gasteiger partial charge in [0.1, 0.15) is 17.3 Å². The summed E-state index contributed by atoms with van der Waals surface area (Å²) in [5.41, 5.74) is 6.44. The van der Waals surface area contributed by atoms with E-state index >= 15 is 0 Å². The highest BCUT2D eigenvalue weighted by Gasteiger charge is 2.24. The minimum atomic E-state index is -0.276. The third kappa shape index (κ3) is 3.38. The highest BCUT2D eigenvalue weighted by atomic mass is 19.1. The fourth-order valence-corrected chi connectivity index (χ4v) is 2.96. The molecule has 124 valence electrons. The quantitative estimate of drug-likeness (QED) is 0.751. The molecule has 0 spiro atoms. The number of benzene rings is 3. The lowest BCUT2D eigenvalue weighted by Crippen LogP contribution is -2.14. The van der Waals surface area contributed by atoms with Crippen LogP contribution in [0.3, 0.4) is 0 Å². The molecule has 0 bridgehead atoms. The van der Waals surface area contributed by atoms with Gasteiger partial charge in [-0.05, 0) is 59.7 Å². The number of hydrazone groups is 1. The van der Waals surface area contributed by atoms with Crippen LogP contribution in [0.1, 0.15) is 17.0 Å². The first kappa shape index (κ1) is 15.4. The Labute approximate surface area is 145 Å². The van der Waals surface area contributed by atoms with Crippen molar-refractivity contribution in [2.24, 2.45) is 5.10 Å². The maximum absolute atomic E-state index is 13.0. The zero-order valence-corrected chi connectivity index (χ0v) is 13.5. The van der Waals surface area contributed by atoms with E-state index in [1.165, 1.54) is 17.7 Å². The largest absolute Gasteiger partial charge is 0.457 e. The van der Waals surface area contributed by atoms with E-state index in [0.717, 1.165) is 17.8 Å². The second-order valence-corrected chi connectivity index (χ2v) is 5.90. The number of nitrogens with zero attached hydrogens (tertiary/aromatic N) is 1. The molecule has 0 saturated heterocycles. The van der Waals surface area contributed by atoms with E-state index in [4.69, 9.17) is 4.74 Å². The number of halogens is 1. The van der Waals surface area contributed by atoms with Crippen LogP contribution >= 0.6 is 0 Å². The molecule has 1 heterocycles. The van der Waals surface area contributed by atoms with Crippen molar-refractivity contribution in [1.29, 1.82) is 0 Å². The van der Waals surface area contributed by atoms with Crippen molar-refractivity contribution in [2.45, 2.75) is 5.92 Å². The lowest BCUT2D eigenvalue weighted by molar-refractivity contribution is 0.480. The van der Waals surface area contributed by atoms with Crippen LogP contribution in [0.25, 0.3) is 0 Å². The van der Waals surface area contributed by atoms with Crippen molar-refractivity contribution in [1.82, 2.24) is 5.43 Å². The Bertz CT molecular complexity index is 874. The molecule has 0 aromatic heterocycles. The van der Waals surface area contributed by atoms with E-state index < -0.39 is 0 Å². The van der Waals surface area contributed by atoms with Gasteiger partial charge in [0, 0.05) is 12.5 Å². The zero-order valence-electron chi connectivity index (χ0n) is 13.5. The number of rotatable bonds is 4. The van der Waals surface area contributed by atoms with Crippen molar-refractivity contribution in [2.75, 3.05) is 6.54 Å². The Hall–Kier alpha value is -3.14. The van der Waals surface area contributed by atoms with Crippen LogP contribution in [0.5, 0.6) is 11.5 Å². The van der Waals surface area contributed by atoms with Gasteiger partial charge in [0.05, 0.1) is 5.71 Å². The number of hydrogen-bond acceptors (Lipinski definition) is 3. The van der Waals surface area contributed by atoms with Crippen LogP contribution in [0.2, 0.25) is 0 Å². The van der Waals surface area contributed by atoms with Gasteiger partial charge >= 0.3 is 0 Å². The van der Waals surface area contributed by atoms with Gasteiger partial charge in [-0.1, -0.05) is 30.3 Å². The number of nitrogens with one attached hydrogen (secondary N) is 1. The molecule has 4 rings (SSSR count). The topological polar surface area (TPSA) is 33.6 Å². The first-order valence-electron chi connectivity index (χ1n) is 8.19. The molecule has 0 saturated carbocycles. The SMILES string of the molecule is Fc1ccc(Oc2ccc(C3=NNCC3c3ccccc3)cc2)cc1. The van der Waals surface area contributed by atoms with Gasteiger partial charge in [-0.25, -0.2) is 4.39 Å². The average molecular weight is 332 g/mol. The molecule has 1 atom stereocenters. The molecule has 0 aliphatic carbocycles. The molecule has 0 amide bonds. The van der Waals surface area contributed by atoms with Gasteiger partial charge < -0.3 is 10.2 Å². The number of ether oxygens (including phenoxy) is 1. The van der Waals surface area contributed by atoms with Gasteiger partial charge in [-0.15, -0.1) is 0 Å². The normalized spacial score (nSPS) is 16.2. The Kier molecular flexibility index (Phi) is 4.17. The molecule has 1 aliphatic rings. The van der Waals surface area contributed by atoms with Crippen molar-refractivity contribution in [3.05, 3.63) is 95.8 Å². The zero-order chi connectivity index (χ0) is 17.1. The summed E-state index contributed by atoms with van der Waals surface area (Å²) >= 11 is 0. The Morgan fingerprint density at radius 3 is 2.16 bits per heavy atom. The number of hydrogen-bond donors (Lipinski definition) is 1. The minimum absolute atomic E-state index is 0.241. The molecule has 0 radical (unpaired) electrons. The fraction of sp³-hybridized carbons (Fsp3) is 0.0952.